The predicted molar refractivity (Wildman–Crippen MR) is 113 cm³/mol. The third kappa shape index (κ3) is 5.05. The Morgan fingerprint density at radius 1 is 1.14 bits per heavy atom. The van der Waals surface area contributed by atoms with E-state index in [1.807, 2.05) is 60.7 Å². The maximum Gasteiger partial charge on any atom is 0.326 e. The van der Waals surface area contributed by atoms with Crippen molar-refractivity contribution in [3.05, 3.63) is 86.8 Å². The molecule has 0 saturated heterocycles. The molecule has 1 heterocycles. The first-order chi connectivity index (χ1) is 13.6. The zero-order valence-electron chi connectivity index (χ0n) is 15.3. The van der Waals surface area contributed by atoms with Crippen molar-refractivity contribution in [3.63, 3.8) is 0 Å². The fraction of sp³-hybridized carbons (Fsp3) is 0.238. The lowest BCUT2D eigenvalue weighted by molar-refractivity contribution is -0.149. The molecule has 146 valence electrons. The first-order valence-electron chi connectivity index (χ1n) is 8.91. The fourth-order valence-electron chi connectivity index (χ4n) is 2.92. The summed E-state index contributed by atoms with van der Waals surface area (Å²) in [7, 11) is 0. The number of nitrogens with zero attached hydrogens (tertiary/aromatic N) is 1. The van der Waals surface area contributed by atoms with E-state index in [0.29, 0.717) is 9.61 Å². The number of carbonyl (C=O) groups excluding carboxylic acids is 1. The number of nitrogens with one attached hydrogen (secondary N) is 1. The molecule has 0 amide bonds. The van der Waals surface area contributed by atoms with E-state index in [0.717, 1.165) is 11.1 Å². The van der Waals surface area contributed by atoms with Crippen LogP contribution in [-0.4, -0.2) is 28.7 Å². The SMILES string of the molecule is CCOC(=O)[C@@H](NC(c1ccccc1)c1ccccc1)[C@H](O)c1nc(Br)cs1. The van der Waals surface area contributed by atoms with Crippen LogP contribution in [0.5, 0.6) is 0 Å². The lowest BCUT2D eigenvalue weighted by atomic mass is 9.97. The third-order valence-corrected chi connectivity index (χ3v) is 5.84. The molecule has 0 bridgehead atoms. The molecule has 2 N–H and O–H groups in total. The van der Waals surface area contributed by atoms with E-state index in [2.05, 4.69) is 26.2 Å². The summed E-state index contributed by atoms with van der Waals surface area (Å²) in [5, 5.41) is 16.4. The minimum Gasteiger partial charge on any atom is -0.465 e. The minimum atomic E-state index is -1.13. The Bertz CT molecular complexity index is 849. The van der Waals surface area contributed by atoms with Crippen molar-refractivity contribution in [1.82, 2.24) is 10.3 Å². The molecule has 0 radical (unpaired) electrons. The van der Waals surface area contributed by atoms with Gasteiger partial charge in [-0.15, -0.1) is 11.3 Å². The molecule has 0 unspecified atom stereocenters. The summed E-state index contributed by atoms with van der Waals surface area (Å²) in [6.45, 7) is 1.97. The minimum absolute atomic E-state index is 0.229. The van der Waals surface area contributed by atoms with Crippen molar-refractivity contribution in [2.75, 3.05) is 6.61 Å². The molecule has 2 atom stereocenters. The molecule has 0 fully saturated rings. The van der Waals surface area contributed by atoms with E-state index >= 15 is 0 Å². The third-order valence-electron chi connectivity index (χ3n) is 4.22. The van der Waals surface area contributed by atoms with Gasteiger partial charge in [0.15, 0.2) is 0 Å². The van der Waals surface area contributed by atoms with Gasteiger partial charge in [-0.3, -0.25) is 10.1 Å². The number of benzene rings is 2. The number of halogens is 1. The molecule has 0 saturated carbocycles. The Morgan fingerprint density at radius 2 is 1.71 bits per heavy atom. The van der Waals surface area contributed by atoms with Gasteiger partial charge < -0.3 is 9.84 Å². The summed E-state index contributed by atoms with van der Waals surface area (Å²) in [6, 6.07) is 18.3. The summed E-state index contributed by atoms with van der Waals surface area (Å²) in [6.07, 6.45) is -1.13. The first kappa shape index (κ1) is 20.7. The maximum absolute atomic E-state index is 12.7. The van der Waals surface area contributed by atoms with Gasteiger partial charge in [0.2, 0.25) is 0 Å². The summed E-state index contributed by atoms with van der Waals surface area (Å²) < 4.78 is 5.85. The highest BCUT2D eigenvalue weighted by Gasteiger charge is 2.34. The molecule has 5 nitrogen and oxygen atoms in total. The second-order valence-corrected chi connectivity index (χ2v) is 7.81. The van der Waals surface area contributed by atoms with Crippen LogP contribution in [0.25, 0.3) is 0 Å². The number of aliphatic hydroxyl groups excluding tert-OH is 1. The summed E-state index contributed by atoms with van der Waals surface area (Å²) in [4.78, 5) is 16.9. The van der Waals surface area contributed by atoms with Crippen LogP contribution in [-0.2, 0) is 9.53 Å². The number of hydrogen-bond donors (Lipinski definition) is 2. The van der Waals surface area contributed by atoms with Gasteiger partial charge in [0.05, 0.1) is 12.6 Å². The van der Waals surface area contributed by atoms with Crippen LogP contribution in [0.2, 0.25) is 0 Å². The van der Waals surface area contributed by atoms with Gasteiger partial charge in [-0.1, -0.05) is 60.7 Å². The number of ether oxygens (including phenoxy) is 1. The Hall–Kier alpha value is -2.06. The van der Waals surface area contributed by atoms with Crippen LogP contribution in [0.15, 0.2) is 70.6 Å². The molecule has 3 rings (SSSR count). The summed E-state index contributed by atoms with van der Waals surface area (Å²) in [5.74, 6) is -0.516. The smallest absolute Gasteiger partial charge is 0.326 e. The Labute approximate surface area is 176 Å². The first-order valence-corrected chi connectivity index (χ1v) is 10.6. The molecule has 3 aromatic rings. The van der Waals surface area contributed by atoms with E-state index in [9.17, 15) is 9.90 Å². The van der Waals surface area contributed by atoms with Crippen LogP contribution in [0.3, 0.4) is 0 Å². The Morgan fingerprint density at radius 3 is 2.18 bits per heavy atom. The van der Waals surface area contributed by atoms with Crippen molar-refractivity contribution in [2.45, 2.75) is 25.1 Å². The standard InChI is InChI=1S/C21H21BrN2O3S/c1-2-27-21(26)18(19(25)20-23-16(22)13-28-20)24-17(14-9-5-3-6-10-14)15-11-7-4-8-12-15/h3-13,17-19,24-25H,2H2,1H3/t18-,19-/m0/s1. The molecule has 0 aliphatic heterocycles. The molecule has 2 aromatic carbocycles. The number of aliphatic hydroxyl groups is 1. The van der Waals surface area contributed by atoms with Crippen LogP contribution < -0.4 is 5.32 Å². The predicted octanol–water partition coefficient (Wildman–Crippen LogP) is 4.25. The van der Waals surface area contributed by atoms with Gasteiger partial charge in [0, 0.05) is 5.38 Å². The molecule has 0 aliphatic carbocycles. The highest BCUT2D eigenvalue weighted by molar-refractivity contribution is 9.10. The van der Waals surface area contributed by atoms with Crippen LogP contribution >= 0.6 is 27.3 Å². The summed E-state index contributed by atoms with van der Waals surface area (Å²) in [5.41, 5.74) is 1.96. The van der Waals surface area contributed by atoms with E-state index in [4.69, 9.17) is 4.74 Å². The second-order valence-electron chi connectivity index (χ2n) is 6.10. The van der Waals surface area contributed by atoms with Crippen molar-refractivity contribution >= 4 is 33.2 Å². The fourth-order valence-corrected chi connectivity index (χ4v) is 4.21. The highest BCUT2D eigenvalue weighted by Crippen LogP contribution is 2.28. The molecular weight excluding hydrogens is 440 g/mol. The average molecular weight is 461 g/mol. The maximum atomic E-state index is 12.7. The van der Waals surface area contributed by atoms with Gasteiger partial charge in [-0.25, -0.2) is 4.98 Å². The van der Waals surface area contributed by atoms with E-state index < -0.39 is 18.1 Å². The Kier molecular flexibility index (Phi) is 7.33. The van der Waals surface area contributed by atoms with Gasteiger partial charge in [0.1, 0.15) is 21.8 Å². The lowest BCUT2D eigenvalue weighted by Gasteiger charge is -2.27. The number of esters is 1. The topological polar surface area (TPSA) is 71.5 Å². The van der Waals surface area contributed by atoms with E-state index in [-0.39, 0.29) is 12.6 Å². The molecular formula is C21H21BrN2O3S. The lowest BCUT2D eigenvalue weighted by Crippen LogP contribution is -2.45. The largest absolute Gasteiger partial charge is 0.465 e. The van der Waals surface area contributed by atoms with Crippen molar-refractivity contribution in [3.8, 4) is 0 Å². The van der Waals surface area contributed by atoms with Crippen molar-refractivity contribution in [1.29, 1.82) is 0 Å². The van der Waals surface area contributed by atoms with Crippen molar-refractivity contribution < 1.29 is 14.6 Å². The zero-order valence-corrected chi connectivity index (χ0v) is 17.7. The van der Waals surface area contributed by atoms with Gasteiger partial charge in [-0.05, 0) is 34.0 Å². The summed E-state index contributed by atoms with van der Waals surface area (Å²) >= 11 is 4.58. The Balaban J connectivity index is 1.96. The highest BCUT2D eigenvalue weighted by atomic mass is 79.9. The zero-order chi connectivity index (χ0) is 19.9. The molecule has 0 spiro atoms. The van der Waals surface area contributed by atoms with E-state index in [1.165, 1.54) is 11.3 Å². The number of thiazole rings is 1. The van der Waals surface area contributed by atoms with E-state index in [1.54, 1.807) is 12.3 Å². The normalized spacial score (nSPS) is 13.3. The van der Waals surface area contributed by atoms with Crippen LogP contribution in [0, 0.1) is 0 Å². The quantitative estimate of drug-likeness (QED) is 0.491. The molecule has 28 heavy (non-hydrogen) atoms. The number of rotatable bonds is 8. The number of carbonyl (C=O) groups is 1. The number of aromatic nitrogens is 1. The molecule has 0 aliphatic rings. The number of hydrogen-bond acceptors (Lipinski definition) is 6. The molecule has 7 heteroatoms. The van der Waals surface area contributed by atoms with Gasteiger partial charge >= 0.3 is 5.97 Å². The molecule has 1 aromatic heterocycles. The van der Waals surface area contributed by atoms with Gasteiger partial charge in [0.25, 0.3) is 0 Å². The van der Waals surface area contributed by atoms with Crippen LogP contribution in [0.4, 0.5) is 0 Å². The van der Waals surface area contributed by atoms with Crippen molar-refractivity contribution in [2.24, 2.45) is 0 Å². The monoisotopic (exact) mass is 460 g/mol. The van der Waals surface area contributed by atoms with Crippen LogP contribution in [0.1, 0.15) is 35.2 Å². The second kappa shape index (κ2) is 9.93. The van der Waals surface area contributed by atoms with Gasteiger partial charge in [-0.2, -0.15) is 0 Å². The average Bonchev–Trinajstić information content (AvgIpc) is 3.16.